The first-order chi connectivity index (χ1) is 15.4. The second-order valence-corrected chi connectivity index (χ2v) is 7.83. The third-order valence-electron chi connectivity index (χ3n) is 4.96. The van der Waals surface area contributed by atoms with Gasteiger partial charge in [-0.05, 0) is 48.9 Å². The van der Waals surface area contributed by atoms with E-state index in [2.05, 4.69) is 25.3 Å². The van der Waals surface area contributed by atoms with Gasteiger partial charge in [-0.1, -0.05) is 23.2 Å². The van der Waals surface area contributed by atoms with Gasteiger partial charge in [0.05, 0.1) is 21.3 Å². The van der Waals surface area contributed by atoms with Gasteiger partial charge in [-0.3, -0.25) is 15.1 Å². The molecule has 32 heavy (non-hydrogen) atoms. The van der Waals surface area contributed by atoms with Gasteiger partial charge in [0.15, 0.2) is 0 Å². The smallest absolute Gasteiger partial charge is 0.311 e. The fourth-order valence-electron chi connectivity index (χ4n) is 3.37. The van der Waals surface area contributed by atoms with E-state index in [1.165, 1.54) is 6.07 Å². The molecule has 9 nitrogen and oxygen atoms in total. The lowest BCUT2D eigenvalue weighted by molar-refractivity contribution is -0.384. The molecule has 0 aliphatic carbocycles. The second kappa shape index (κ2) is 8.89. The Bertz CT molecular complexity index is 1230. The Balaban J connectivity index is 1.51. The largest absolute Gasteiger partial charge is 0.378 e. The van der Waals surface area contributed by atoms with E-state index in [1.54, 1.807) is 48.8 Å². The number of nitrogen functional groups attached to an aromatic ring is 1. The van der Waals surface area contributed by atoms with Gasteiger partial charge in [0.2, 0.25) is 11.8 Å². The van der Waals surface area contributed by atoms with Crippen molar-refractivity contribution >= 4 is 46.9 Å². The number of pyridine rings is 1. The monoisotopic (exact) mass is 469 g/mol. The van der Waals surface area contributed by atoms with Crippen LogP contribution in [0.4, 0.5) is 17.5 Å². The minimum atomic E-state index is -0.784. The number of nitrogens with one attached hydrogen (secondary N) is 1. The summed E-state index contributed by atoms with van der Waals surface area (Å²) < 4.78 is 0. The average molecular weight is 470 g/mol. The van der Waals surface area contributed by atoms with Crippen LogP contribution in [0.2, 0.25) is 10.0 Å². The summed E-state index contributed by atoms with van der Waals surface area (Å²) in [5.41, 5.74) is 6.68. The van der Waals surface area contributed by atoms with E-state index in [-0.39, 0.29) is 11.5 Å². The molecule has 0 amide bonds. The minimum Gasteiger partial charge on any atom is -0.378 e. The Labute approximate surface area is 193 Å². The molecule has 3 N–H and O–H groups in total. The van der Waals surface area contributed by atoms with Crippen LogP contribution in [-0.4, -0.2) is 32.6 Å². The fourth-order valence-corrected chi connectivity index (χ4v) is 3.87. The Morgan fingerprint density at radius 1 is 1.16 bits per heavy atom. The number of aliphatic imine (C=N–C) groups is 1. The van der Waals surface area contributed by atoms with Crippen LogP contribution >= 0.6 is 23.2 Å². The summed E-state index contributed by atoms with van der Waals surface area (Å²) in [5.74, 6) is 0.275. The predicted molar refractivity (Wildman–Crippen MR) is 125 cm³/mol. The van der Waals surface area contributed by atoms with Crippen molar-refractivity contribution in [2.45, 2.75) is 12.0 Å². The SMILES string of the molecule is Nc1nc(C2(CCNc3nccc(-c4ccc(Cl)cc4Cl)n3)C=CC=N2)ccc1[N+](=O)[O-]. The van der Waals surface area contributed by atoms with Crippen molar-refractivity contribution in [1.82, 2.24) is 15.0 Å². The molecular weight excluding hydrogens is 453 g/mol. The number of hydrogen-bond acceptors (Lipinski definition) is 8. The maximum atomic E-state index is 11.0. The molecule has 0 bridgehead atoms. The Hall–Kier alpha value is -3.56. The van der Waals surface area contributed by atoms with Gasteiger partial charge < -0.3 is 11.1 Å². The molecule has 1 aliphatic rings. The highest BCUT2D eigenvalue weighted by Gasteiger charge is 2.33. The van der Waals surface area contributed by atoms with E-state index in [1.807, 2.05) is 6.08 Å². The molecule has 4 rings (SSSR count). The molecule has 0 fully saturated rings. The van der Waals surface area contributed by atoms with E-state index in [0.717, 1.165) is 5.56 Å². The summed E-state index contributed by atoms with van der Waals surface area (Å²) in [4.78, 5) is 28.0. The van der Waals surface area contributed by atoms with Crippen molar-refractivity contribution in [3.05, 3.63) is 80.6 Å². The number of rotatable bonds is 7. The number of benzene rings is 1. The highest BCUT2D eigenvalue weighted by Crippen LogP contribution is 2.35. The molecule has 1 aliphatic heterocycles. The zero-order valence-corrected chi connectivity index (χ0v) is 18.1. The number of aromatic nitrogens is 3. The maximum Gasteiger partial charge on any atom is 0.311 e. The van der Waals surface area contributed by atoms with Gasteiger partial charge >= 0.3 is 5.69 Å². The summed E-state index contributed by atoms with van der Waals surface area (Å²) in [7, 11) is 0. The van der Waals surface area contributed by atoms with Crippen LogP contribution in [0.1, 0.15) is 12.1 Å². The number of nitrogens with two attached hydrogens (primary N) is 1. The molecule has 0 saturated heterocycles. The van der Waals surface area contributed by atoms with Crippen LogP contribution < -0.4 is 11.1 Å². The Kier molecular flexibility index (Phi) is 6.02. The van der Waals surface area contributed by atoms with Crippen LogP contribution in [0.25, 0.3) is 11.3 Å². The van der Waals surface area contributed by atoms with Crippen molar-refractivity contribution < 1.29 is 4.92 Å². The third-order valence-corrected chi connectivity index (χ3v) is 5.51. The minimum absolute atomic E-state index is 0.147. The molecule has 162 valence electrons. The van der Waals surface area contributed by atoms with E-state index in [0.29, 0.717) is 40.3 Å². The average Bonchev–Trinajstić information content (AvgIpc) is 3.24. The zero-order chi connectivity index (χ0) is 22.7. The van der Waals surface area contributed by atoms with Gasteiger partial charge in [-0.25, -0.2) is 15.0 Å². The number of halogens is 2. The lowest BCUT2D eigenvalue weighted by Gasteiger charge is -2.24. The Morgan fingerprint density at radius 3 is 2.69 bits per heavy atom. The lowest BCUT2D eigenvalue weighted by Crippen LogP contribution is -2.25. The Morgan fingerprint density at radius 2 is 2.00 bits per heavy atom. The standard InChI is InChI=1S/C21H17Cl2N7O2/c22-13-2-3-14(15(23)12-13)16-6-10-25-20(28-16)26-11-8-21(7-1-9-27-21)18-5-4-17(30(31)32)19(24)29-18/h1-7,9-10,12H,8,11H2,(H2,24,29)(H,25,26,28). The first kappa shape index (κ1) is 21.7. The van der Waals surface area contributed by atoms with E-state index in [9.17, 15) is 10.1 Å². The van der Waals surface area contributed by atoms with E-state index >= 15 is 0 Å². The molecule has 1 unspecified atom stereocenters. The van der Waals surface area contributed by atoms with Crippen molar-refractivity contribution in [3.8, 4) is 11.3 Å². The first-order valence-electron chi connectivity index (χ1n) is 9.55. The lowest BCUT2D eigenvalue weighted by atomic mass is 9.91. The summed E-state index contributed by atoms with van der Waals surface area (Å²) in [6.07, 6.45) is 7.49. The molecule has 3 heterocycles. The molecule has 11 heteroatoms. The highest BCUT2D eigenvalue weighted by atomic mass is 35.5. The van der Waals surface area contributed by atoms with Crippen LogP contribution in [0, 0.1) is 10.1 Å². The number of nitro groups is 1. The maximum absolute atomic E-state index is 11.0. The molecule has 1 aromatic carbocycles. The number of nitrogens with zero attached hydrogens (tertiary/aromatic N) is 5. The summed E-state index contributed by atoms with van der Waals surface area (Å²) >= 11 is 12.3. The predicted octanol–water partition coefficient (Wildman–Crippen LogP) is 4.67. The highest BCUT2D eigenvalue weighted by molar-refractivity contribution is 6.36. The number of allylic oxidation sites excluding steroid dienone is 1. The third kappa shape index (κ3) is 4.39. The van der Waals surface area contributed by atoms with E-state index in [4.69, 9.17) is 28.9 Å². The molecule has 1 atom stereocenters. The molecule has 3 aromatic rings. The molecule has 0 saturated carbocycles. The topological polar surface area (TPSA) is 132 Å². The van der Waals surface area contributed by atoms with Crippen molar-refractivity contribution in [2.24, 2.45) is 4.99 Å². The van der Waals surface area contributed by atoms with E-state index < -0.39 is 10.5 Å². The molecule has 2 aromatic heterocycles. The van der Waals surface area contributed by atoms with Crippen molar-refractivity contribution in [1.29, 1.82) is 0 Å². The van der Waals surface area contributed by atoms with Crippen molar-refractivity contribution in [2.75, 3.05) is 17.6 Å². The fraction of sp³-hybridized carbons (Fsp3) is 0.143. The summed E-state index contributed by atoms with van der Waals surface area (Å²) in [6, 6.07) is 9.88. The number of anilines is 2. The van der Waals surface area contributed by atoms with Crippen LogP contribution in [-0.2, 0) is 5.54 Å². The van der Waals surface area contributed by atoms with Gasteiger partial charge in [-0.2, -0.15) is 0 Å². The summed E-state index contributed by atoms with van der Waals surface area (Å²) in [5, 5.41) is 15.3. The van der Waals surface area contributed by atoms with Crippen LogP contribution in [0.5, 0.6) is 0 Å². The van der Waals surface area contributed by atoms with Gasteiger partial charge in [0, 0.05) is 35.6 Å². The molecule has 0 spiro atoms. The molecular formula is C21H17Cl2N7O2. The zero-order valence-electron chi connectivity index (χ0n) is 16.6. The van der Waals surface area contributed by atoms with Crippen LogP contribution in [0.3, 0.4) is 0 Å². The summed E-state index contributed by atoms with van der Waals surface area (Å²) in [6.45, 7) is 0.456. The van der Waals surface area contributed by atoms with Crippen molar-refractivity contribution in [3.63, 3.8) is 0 Å². The van der Waals surface area contributed by atoms with Crippen LogP contribution in [0.15, 0.2) is 59.7 Å². The first-order valence-corrected chi connectivity index (χ1v) is 10.3. The van der Waals surface area contributed by atoms with Gasteiger partial charge in [0.1, 0.15) is 5.54 Å². The quantitative estimate of drug-likeness (QED) is 0.379. The van der Waals surface area contributed by atoms with Gasteiger partial charge in [0.25, 0.3) is 0 Å². The normalized spacial score (nSPS) is 16.9. The molecule has 0 radical (unpaired) electrons. The number of hydrogen-bond donors (Lipinski definition) is 2. The van der Waals surface area contributed by atoms with Gasteiger partial charge in [-0.15, -0.1) is 0 Å². The second-order valence-electron chi connectivity index (χ2n) is 6.99.